The van der Waals surface area contributed by atoms with Gasteiger partial charge in [-0.1, -0.05) is 13.0 Å². The number of hydrogen-bond acceptors (Lipinski definition) is 4. The van der Waals surface area contributed by atoms with Gasteiger partial charge in [-0.15, -0.1) is 0 Å². The fourth-order valence-electron chi connectivity index (χ4n) is 0.887. The summed E-state index contributed by atoms with van der Waals surface area (Å²) in [6, 6.07) is 0. The highest BCUT2D eigenvalue weighted by atomic mass is 16.5. The molecule has 0 bridgehead atoms. The van der Waals surface area contributed by atoms with Crippen LogP contribution in [0.4, 0.5) is 0 Å². The maximum Gasteiger partial charge on any atom is 0.0755 e. The van der Waals surface area contributed by atoms with Crippen molar-refractivity contribution in [1.82, 2.24) is 9.96 Å². The van der Waals surface area contributed by atoms with Crippen molar-refractivity contribution in [2.75, 3.05) is 26.3 Å². The smallest absolute Gasteiger partial charge is 0.0755 e. The molecule has 12 heavy (non-hydrogen) atoms. The van der Waals surface area contributed by atoms with Crippen LogP contribution in [0.2, 0.25) is 0 Å². The Labute approximate surface area is 73.7 Å². The van der Waals surface area contributed by atoms with Crippen molar-refractivity contribution in [1.29, 1.82) is 0 Å². The Morgan fingerprint density at radius 2 is 2.00 bits per heavy atom. The fourth-order valence-corrected chi connectivity index (χ4v) is 0.887. The Morgan fingerprint density at radius 3 is 2.17 bits per heavy atom. The van der Waals surface area contributed by atoms with Crippen LogP contribution < -0.4 is 0 Å². The number of hydrogen-bond donors (Lipinski definition) is 2. The third kappa shape index (κ3) is 5.12. The Balaban J connectivity index is 0.000000261. The van der Waals surface area contributed by atoms with Crippen molar-refractivity contribution in [2.45, 2.75) is 13.8 Å². The second kappa shape index (κ2) is 7.09. The topological polar surface area (TPSA) is 46.9 Å². The molecule has 0 aliphatic carbocycles. The first-order valence-electron chi connectivity index (χ1n) is 4.16. The minimum atomic E-state index is 0.719. The van der Waals surface area contributed by atoms with Gasteiger partial charge in [0.25, 0.3) is 0 Å². The highest BCUT2D eigenvalue weighted by Gasteiger charge is 2.14. The van der Waals surface area contributed by atoms with Crippen LogP contribution in [0.1, 0.15) is 13.8 Å². The lowest BCUT2D eigenvalue weighted by atomic mass is 10.6. The summed E-state index contributed by atoms with van der Waals surface area (Å²) in [6.45, 7) is 7.41. The first kappa shape index (κ1) is 11.4. The summed E-state index contributed by atoms with van der Waals surface area (Å²) in [5.41, 5.74) is 0. The van der Waals surface area contributed by atoms with E-state index >= 15 is 0 Å². The summed E-state index contributed by atoms with van der Waals surface area (Å²) in [7, 11) is 0. The molecule has 0 spiro atoms. The van der Waals surface area contributed by atoms with Gasteiger partial charge < -0.3 is 10.3 Å². The molecule has 4 heteroatoms. The van der Waals surface area contributed by atoms with Crippen LogP contribution in [0, 0.1) is 0 Å². The van der Waals surface area contributed by atoms with Crippen molar-refractivity contribution in [3.63, 3.8) is 0 Å². The molecule has 72 valence electrons. The number of aliphatic hydroxyl groups excluding tert-OH is 1. The molecule has 0 aromatic heterocycles. The molecule has 0 unspecified atom stereocenters. The standard InChI is InChI=1S/C5H12N2O.C3H6O/c1-2-6-3-4-7(8)5-6;1-2-3-4/h8H,2-5H2,1H3;2-4H,1H3. The van der Waals surface area contributed by atoms with Gasteiger partial charge in [-0.2, -0.15) is 5.06 Å². The van der Waals surface area contributed by atoms with E-state index in [1.54, 1.807) is 13.0 Å². The monoisotopic (exact) mass is 174 g/mol. The second-order valence-corrected chi connectivity index (χ2v) is 2.56. The fraction of sp³-hybridized carbons (Fsp3) is 0.750. The van der Waals surface area contributed by atoms with E-state index in [4.69, 9.17) is 10.3 Å². The van der Waals surface area contributed by atoms with Gasteiger partial charge in [-0.3, -0.25) is 4.90 Å². The van der Waals surface area contributed by atoms with Gasteiger partial charge >= 0.3 is 0 Å². The first-order chi connectivity index (χ1) is 5.74. The third-order valence-electron chi connectivity index (χ3n) is 1.63. The quantitative estimate of drug-likeness (QED) is 0.583. The molecule has 1 heterocycles. The van der Waals surface area contributed by atoms with Gasteiger partial charge in [0.1, 0.15) is 0 Å². The van der Waals surface area contributed by atoms with Gasteiger partial charge in [0.15, 0.2) is 0 Å². The zero-order valence-corrected chi connectivity index (χ0v) is 7.77. The molecule has 0 radical (unpaired) electrons. The van der Waals surface area contributed by atoms with Gasteiger partial charge in [0, 0.05) is 13.1 Å². The summed E-state index contributed by atoms with van der Waals surface area (Å²) < 4.78 is 0. The van der Waals surface area contributed by atoms with E-state index in [1.165, 1.54) is 5.06 Å². The number of likely N-dealkylation sites (N-methyl/N-ethyl adjacent to an activating group) is 1. The average Bonchev–Trinajstić information content (AvgIpc) is 2.52. The maximum atomic E-state index is 8.82. The Hall–Kier alpha value is -0.580. The molecule has 1 rings (SSSR count). The number of allylic oxidation sites excluding steroid dienone is 1. The van der Waals surface area contributed by atoms with Crippen molar-refractivity contribution in [2.24, 2.45) is 0 Å². The predicted molar refractivity (Wildman–Crippen MR) is 48.0 cm³/mol. The second-order valence-electron chi connectivity index (χ2n) is 2.56. The highest BCUT2D eigenvalue weighted by Crippen LogP contribution is 1.98. The average molecular weight is 174 g/mol. The van der Waals surface area contributed by atoms with Crippen LogP contribution in [0.25, 0.3) is 0 Å². The van der Waals surface area contributed by atoms with E-state index in [-0.39, 0.29) is 0 Å². The lowest BCUT2D eigenvalue weighted by Gasteiger charge is -2.09. The van der Waals surface area contributed by atoms with E-state index in [0.717, 1.165) is 32.6 Å². The van der Waals surface area contributed by atoms with Crippen molar-refractivity contribution in [3.8, 4) is 0 Å². The number of aliphatic hydroxyl groups is 1. The van der Waals surface area contributed by atoms with E-state index in [2.05, 4.69) is 11.8 Å². The lowest BCUT2D eigenvalue weighted by molar-refractivity contribution is -0.0802. The molecule has 1 aliphatic rings. The van der Waals surface area contributed by atoms with Crippen LogP contribution in [-0.4, -0.2) is 46.6 Å². The highest BCUT2D eigenvalue weighted by molar-refractivity contribution is 4.61. The van der Waals surface area contributed by atoms with E-state index in [1.807, 2.05) is 0 Å². The molecule has 1 fully saturated rings. The predicted octanol–water partition coefficient (Wildman–Crippen LogP) is 1.05. The third-order valence-corrected chi connectivity index (χ3v) is 1.63. The van der Waals surface area contributed by atoms with Crippen LogP contribution in [0.3, 0.4) is 0 Å². The summed E-state index contributed by atoms with van der Waals surface area (Å²) in [5.74, 6) is 0. The molecular weight excluding hydrogens is 156 g/mol. The first-order valence-corrected chi connectivity index (χ1v) is 4.16. The molecule has 2 N–H and O–H groups in total. The van der Waals surface area contributed by atoms with Crippen LogP contribution in [0.5, 0.6) is 0 Å². The molecule has 0 aromatic carbocycles. The number of nitrogens with zero attached hydrogens (tertiary/aromatic N) is 2. The molecule has 0 aromatic rings. The van der Waals surface area contributed by atoms with Crippen LogP contribution in [0.15, 0.2) is 12.3 Å². The number of hydroxylamine groups is 2. The summed E-state index contributed by atoms with van der Waals surface area (Å²) in [6.07, 6.45) is 2.56. The zero-order valence-electron chi connectivity index (χ0n) is 7.77. The molecular formula is C8H18N2O2. The zero-order chi connectivity index (χ0) is 9.40. The van der Waals surface area contributed by atoms with Crippen molar-refractivity contribution < 1.29 is 10.3 Å². The lowest BCUT2D eigenvalue weighted by Crippen LogP contribution is -2.22. The van der Waals surface area contributed by atoms with Crippen LogP contribution >= 0.6 is 0 Å². The van der Waals surface area contributed by atoms with Gasteiger partial charge in [0.2, 0.25) is 0 Å². The Morgan fingerprint density at radius 1 is 1.42 bits per heavy atom. The minimum Gasteiger partial charge on any atom is -0.516 e. The Kier molecular flexibility index (Phi) is 6.75. The molecule has 0 amide bonds. The van der Waals surface area contributed by atoms with E-state index < -0.39 is 0 Å². The Bertz CT molecular complexity index is 124. The normalized spacial score (nSPS) is 19.6. The molecule has 1 aliphatic heterocycles. The van der Waals surface area contributed by atoms with Crippen molar-refractivity contribution >= 4 is 0 Å². The SMILES string of the molecule is CC=CO.CCN1CCN(O)C1. The molecule has 0 saturated carbocycles. The number of rotatable bonds is 1. The van der Waals surface area contributed by atoms with E-state index in [0.29, 0.717) is 0 Å². The molecule has 0 atom stereocenters. The largest absolute Gasteiger partial charge is 0.516 e. The summed E-state index contributed by atoms with van der Waals surface area (Å²) in [4.78, 5) is 2.18. The maximum absolute atomic E-state index is 8.82. The van der Waals surface area contributed by atoms with Gasteiger partial charge in [-0.05, 0) is 13.5 Å². The van der Waals surface area contributed by atoms with Gasteiger partial charge in [-0.25, -0.2) is 0 Å². The minimum absolute atomic E-state index is 0.719. The van der Waals surface area contributed by atoms with Gasteiger partial charge in [0.05, 0.1) is 12.9 Å². The van der Waals surface area contributed by atoms with E-state index in [9.17, 15) is 0 Å². The summed E-state index contributed by atoms with van der Waals surface area (Å²) in [5, 5.41) is 17.9. The molecule has 4 nitrogen and oxygen atoms in total. The van der Waals surface area contributed by atoms with Crippen molar-refractivity contribution in [3.05, 3.63) is 12.3 Å². The van der Waals surface area contributed by atoms with Crippen LogP contribution in [-0.2, 0) is 0 Å². The molecule has 1 saturated heterocycles. The summed E-state index contributed by atoms with van der Waals surface area (Å²) >= 11 is 0.